The molecule has 4 heterocycles. The van der Waals surface area contributed by atoms with E-state index in [1.165, 1.54) is 14.2 Å². The van der Waals surface area contributed by atoms with Crippen molar-refractivity contribution in [2.45, 2.75) is 78.6 Å². The molecule has 6 atom stereocenters. The van der Waals surface area contributed by atoms with E-state index >= 15 is 0 Å². The second-order valence-corrected chi connectivity index (χ2v) is 15.6. The van der Waals surface area contributed by atoms with Crippen molar-refractivity contribution in [3.8, 4) is 22.5 Å². The largest absolute Gasteiger partial charge is 0.453 e. The van der Waals surface area contributed by atoms with Gasteiger partial charge in [0.15, 0.2) is 0 Å². The molecule has 4 N–H and O–H groups in total. The predicted molar refractivity (Wildman–Crippen MR) is 204 cm³/mol. The number of hydrogen-bond acceptors (Lipinski definition) is 8. The molecule has 2 aliphatic heterocycles. The van der Waals surface area contributed by atoms with Gasteiger partial charge in [-0.1, -0.05) is 65.8 Å². The summed E-state index contributed by atoms with van der Waals surface area (Å²) in [4.78, 5) is 71.5. The minimum absolute atomic E-state index is 0.119. The molecule has 6 rings (SSSR count). The highest BCUT2D eigenvalue weighted by molar-refractivity contribution is 5.90. The average Bonchev–Trinajstić information content (AvgIpc) is 3.98. The Labute approximate surface area is 315 Å². The Kier molecular flexibility index (Phi) is 11.3. The predicted octanol–water partition coefficient (Wildman–Crippen LogP) is 6.20. The lowest BCUT2D eigenvalue weighted by Gasteiger charge is -2.30. The van der Waals surface area contributed by atoms with Gasteiger partial charge in [-0.3, -0.25) is 9.59 Å². The van der Waals surface area contributed by atoms with Crippen LogP contribution in [-0.2, 0) is 19.1 Å². The van der Waals surface area contributed by atoms with Crippen molar-refractivity contribution in [1.82, 2.24) is 40.4 Å². The van der Waals surface area contributed by atoms with Crippen LogP contribution in [0.25, 0.3) is 33.3 Å². The normalized spacial score (nSPS) is 21.1. The second kappa shape index (κ2) is 15.9. The zero-order chi connectivity index (χ0) is 38.8. The molecule has 2 aliphatic rings. The van der Waals surface area contributed by atoms with Gasteiger partial charge in [0, 0.05) is 24.2 Å². The van der Waals surface area contributed by atoms with Crippen LogP contribution in [0, 0.1) is 23.7 Å². The number of ether oxygens (including phenoxy) is 2. The van der Waals surface area contributed by atoms with Gasteiger partial charge < -0.3 is 39.9 Å². The number of hydrogen-bond donors (Lipinski definition) is 4. The minimum Gasteiger partial charge on any atom is -0.453 e. The van der Waals surface area contributed by atoms with Crippen LogP contribution in [0.2, 0.25) is 0 Å². The fourth-order valence-electron chi connectivity index (χ4n) is 7.74. The summed E-state index contributed by atoms with van der Waals surface area (Å²) in [7, 11) is 2.58. The molecule has 4 aromatic rings. The Morgan fingerprint density at radius 3 is 1.43 bits per heavy atom. The Hall–Kier alpha value is -5.40. The Balaban J connectivity index is 1.19. The molecule has 14 nitrogen and oxygen atoms in total. The van der Waals surface area contributed by atoms with Crippen LogP contribution in [0.4, 0.5) is 9.59 Å². The van der Waals surface area contributed by atoms with Crippen LogP contribution >= 0.6 is 0 Å². The lowest BCUT2D eigenvalue weighted by molar-refractivity contribution is -0.136. The molecule has 2 aromatic carbocycles. The molecular formula is C40H52N8O6. The maximum absolute atomic E-state index is 13.7. The van der Waals surface area contributed by atoms with E-state index in [0.29, 0.717) is 24.7 Å². The van der Waals surface area contributed by atoms with Crippen LogP contribution in [0.1, 0.15) is 78.1 Å². The number of nitrogens with one attached hydrogen (secondary N) is 4. The highest BCUT2D eigenvalue weighted by Crippen LogP contribution is 2.38. The van der Waals surface area contributed by atoms with Crippen molar-refractivity contribution in [3.05, 3.63) is 60.4 Å². The molecule has 2 fully saturated rings. The quantitative estimate of drug-likeness (QED) is 0.149. The van der Waals surface area contributed by atoms with E-state index in [-0.39, 0.29) is 47.6 Å². The van der Waals surface area contributed by atoms with Crippen LogP contribution in [0.5, 0.6) is 0 Å². The summed E-state index contributed by atoms with van der Waals surface area (Å²) in [5.74, 6) is 1.44. The van der Waals surface area contributed by atoms with Gasteiger partial charge in [-0.15, -0.1) is 0 Å². The van der Waals surface area contributed by atoms with E-state index in [1.807, 2.05) is 62.0 Å². The monoisotopic (exact) mass is 740 g/mol. The van der Waals surface area contributed by atoms with E-state index in [2.05, 4.69) is 58.7 Å². The van der Waals surface area contributed by atoms with Crippen molar-refractivity contribution in [2.75, 3.05) is 27.3 Å². The third kappa shape index (κ3) is 7.92. The van der Waals surface area contributed by atoms with Crippen LogP contribution in [0.3, 0.4) is 0 Å². The van der Waals surface area contributed by atoms with E-state index in [4.69, 9.17) is 19.4 Å². The standard InChI is InChI=1S/C40H52N8O6/c1-21(2)33(45-39(51)53-7)37(49)47-19-23(5)13-31(47)35-41-17-29(43-35)27-11-9-26-16-28(12-10-25(26)15-27)30-18-42-36(44-30)32-14-24(6)20-48(32)38(50)34(22(3)4)46-40(52)54-8/h9-12,15-18,21-24,31-34H,13-14,19-20H2,1-8H3,(H,41,43)(H,42,44)(H,45,51)(H,46,52)/t23-,24-,31-,32-,33-,34-/m0/s1. The molecule has 4 amide bonds. The first kappa shape index (κ1) is 38.3. The van der Waals surface area contributed by atoms with Crippen molar-refractivity contribution >= 4 is 34.8 Å². The maximum atomic E-state index is 13.7. The van der Waals surface area contributed by atoms with Crippen molar-refractivity contribution in [2.24, 2.45) is 23.7 Å². The highest BCUT2D eigenvalue weighted by Gasteiger charge is 2.41. The smallest absolute Gasteiger partial charge is 0.407 e. The van der Waals surface area contributed by atoms with E-state index in [0.717, 1.165) is 46.1 Å². The molecule has 0 radical (unpaired) electrons. The summed E-state index contributed by atoms with van der Waals surface area (Å²) < 4.78 is 9.56. The molecule has 288 valence electrons. The summed E-state index contributed by atoms with van der Waals surface area (Å²) in [6.07, 6.45) is 3.88. The zero-order valence-electron chi connectivity index (χ0n) is 32.3. The van der Waals surface area contributed by atoms with Crippen molar-refractivity contribution in [3.63, 3.8) is 0 Å². The summed E-state index contributed by atoms with van der Waals surface area (Å²) >= 11 is 0. The van der Waals surface area contributed by atoms with Gasteiger partial charge in [0.2, 0.25) is 11.8 Å². The number of carbonyl (C=O) groups excluding carboxylic acids is 4. The Morgan fingerprint density at radius 2 is 1.07 bits per heavy atom. The number of aromatic amines is 2. The average molecular weight is 741 g/mol. The lowest BCUT2D eigenvalue weighted by Crippen LogP contribution is -2.51. The van der Waals surface area contributed by atoms with Gasteiger partial charge in [0.25, 0.3) is 0 Å². The molecule has 0 spiro atoms. The first-order valence-electron chi connectivity index (χ1n) is 18.7. The summed E-state index contributed by atoms with van der Waals surface area (Å²) in [6.45, 7) is 13.0. The second-order valence-electron chi connectivity index (χ2n) is 15.6. The number of H-pyrrole nitrogens is 2. The van der Waals surface area contributed by atoms with Crippen LogP contribution in [-0.4, -0.2) is 93.1 Å². The van der Waals surface area contributed by atoms with Crippen molar-refractivity contribution in [1.29, 1.82) is 0 Å². The minimum atomic E-state index is -0.706. The van der Waals surface area contributed by atoms with Crippen LogP contribution in [0.15, 0.2) is 48.8 Å². The van der Waals surface area contributed by atoms with Crippen molar-refractivity contribution < 1.29 is 28.7 Å². The van der Waals surface area contributed by atoms with E-state index in [9.17, 15) is 19.2 Å². The molecule has 0 unspecified atom stereocenters. The van der Waals surface area contributed by atoms with Gasteiger partial charge in [0.1, 0.15) is 23.7 Å². The number of likely N-dealkylation sites (tertiary alicyclic amines) is 2. The number of nitrogens with zero attached hydrogens (tertiary/aromatic N) is 4. The topological polar surface area (TPSA) is 175 Å². The third-order valence-electron chi connectivity index (χ3n) is 10.7. The lowest BCUT2D eigenvalue weighted by atomic mass is 10.0. The fraction of sp³-hybridized carbons (Fsp3) is 0.500. The number of imidazole rings is 2. The van der Waals surface area contributed by atoms with Gasteiger partial charge in [-0.25, -0.2) is 19.6 Å². The summed E-state index contributed by atoms with van der Waals surface area (Å²) in [5, 5.41) is 7.51. The number of fused-ring (bicyclic) bond motifs is 1. The number of benzene rings is 2. The number of carbonyl (C=O) groups is 4. The number of alkyl carbamates (subject to hydrolysis) is 2. The van der Waals surface area contributed by atoms with Gasteiger partial charge in [-0.05, 0) is 59.4 Å². The molecular weight excluding hydrogens is 688 g/mol. The number of methoxy groups -OCH3 is 2. The molecule has 0 saturated carbocycles. The number of aromatic nitrogens is 4. The summed E-state index contributed by atoms with van der Waals surface area (Å²) in [6, 6.07) is 10.6. The molecule has 0 bridgehead atoms. The fourth-order valence-corrected chi connectivity index (χ4v) is 7.74. The molecule has 2 aromatic heterocycles. The molecule has 2 saturated heterocycles. The molecule has 0 aliphatic carbocycles. The first-order valence-corrected chi connectivity index (χ1v) is 18.7. The summed E-state index contributed by atoms with van der Waals surface area (Å²) in [5.41, 5.74) is 3.63. The van der Waals surface area contributed by atoms with Gasteiger partial charge in [-0.2, -0.15) is 0 Å². The zero-order valence-corrected chi connectivity index (χ0v) is 32.3. The van der Waals surface area contributed by atoms with Gasteiger partial charge in [0.05, 0.1) is 50.1 Å². The highest BCUT2D eigenvalue weighted by atomic mass is 16.5. The number of amides is 4. The Bertz CT molecular complexity index is 1860. The van der Waals surface area contributed by atoms with E-state index in [1.54, 1.807) is 0 Å². The van der Waals surface area contributed by atoms with Gasteiger partial charge >= 0.3 is 12.2 Å². The maximum Gasteiger partial charge on any atom is 0.407 e. The number of rotatable bonds is 10. The Morgan fingerprint density at radius 1 is 0.685 bits per heavy atom. The van der Waals surface area contributed by atoms with E-state index < -0.39 is 24.3 Å². The first-order chi connectivity index (χ1) is 25.8. The third-order valence-corrected chi connectivity index (χ3v) is 10.7. The van der Waals surface area contributed by atoms with Crippen LogP contribution < -0.4 is 10.6 Å². The SMILES string of the molecule is COC(=O)N[C@H](C(=O)N1C[C@@H](C)C[C@H]1c1ncc(-c2ccc3cc(-c4cnc([C@@H]5C[C@H](C)CN5C(=O)[C@@H](NC(=O)OC)C(C)C)[nH]4)ccc3c2)[nH]1)C(C)C. The molecule has 14 heteroatoms. The molecule has 54 heavy (non-hydrogen) atoms.